The summed E-state index contributed by atoms with van der Waals surface area (Å²) in [5.41, 5.74) is 0.426. The van der Waals surface area contributed by atoms with Gasteiger partial charge in [-0.3, -0.25) is 0 Å². The maximum atomic E-state index is 8.18. The molecule has 62 valence electrons. The highest BCUT2D eigenvalue weighted by Gasteiger charge is 1.80. The molecular formula is C9H15NO. The Kier molecular flexibility index (Phi) is 12.9. The Balaban J connectivity index is 0. The zero-order valence-corrected chi connectivity index (χ0v) is 7.12. The van der Waals surface area contributed by atoms with Crippen LogP contribution in [0.4, 0.5) is 0 Å². The van der Waals surface area contributed by atoms with Gasteiger partial charge < -0.3 is 5.21 Å². The minimum atomic E-state index is 0.426. The molecule has 0 aliphatic rings. The number of nitrogens with zero attached hydrogens (tertiary/aromatic N) is 1. The zero-order chi connectivity index (χ0) is 9.11. The molecule has 0 heterocycles. The minimum Gasteiger partial charge on any atom is -0.410 e. The molecule has 2 heteroatoms. The lowest BCUT2D eigenvalue weighted by Gasteiger charge is -1.82. The van der Waals surface area contributed by atoms with Gasteiger partial charge in [0.25, 0.3) is 0 Å². The molecule has 2 nitrogen and oxygen atoms in total. The van der Waals surface area contributed by atoms with Crippen LogP contribution in [0, 0.1) is 0 Å². The highest BCUT2D eigenvalue weighted by atomic mass is 16.4. The third-order valence-electron chi connectivity index (χ3n) is 0.728. The van der Waals surface area contributed by atoms with E-state index in [0.29, 0.717) is 5.71 Å². The predicted octanol–water partition coefficient (Wildman–Crippen LogP) is 2.77. The van der Waals surface area contributed by atoms with Gasteiger partial charge in [0, 0.05) is 0 Å². The van der Waals surface area contributed by atoms with Crippen LogP contribution in [0.25, 0.3) is 0 Å². The van der Waals surface area contributed by atoms with E-state index in [4.69, 9.17) is 5.21 Å². The summed E-state index contributed by atoms with van der Waals surface area (Å²) < 4.78 is 0. The number of allylic oxidation sites excluding steroid dienone is 4. The Morgan fingerprint density at radius 2 is 1.91 bits per heavy atom. The first-order chi connectivity index (χ1) is 5.35. The topological polar surface area (TPSA) is 32.6 Å². The Morgan fingerprint density at radius 3 is 2.18 bits per heavy atom. The largest absolute Gasteiger partial charge is 0.410 e. The lowest BCUT2D eigenvalue weighted by atomic mass is 10.3. The standard InChI is InChI=1S/C7H9NO.C2H6/c1-3-5-6-7(4-2)8-9;1-2/h3-6,9H,1-2H2;1-2H3/b6-5-,8-7-;. The molecule has 0 fully saturated rings. The Labute approximate surface area is 68.2 Å². The molecule has 0 saturated carbocycles. The van der Waals surface area contributed by atoms with Gasteiger partial charge in [-0.25, -0.2) is 0 Å². The molecule has 1 N–H and O–H groups in total. The van der Waals surface area contributed by atoms with Crippen LogP contribution in [-0.2, 0) is 0 Å². The molecule has 0 radical (unpaired) electrons. The Bertz CT molecular complexity index is 157. The van der Waals surface area contributed by atoms with Crippen LogP contribution in [0.5, 0.6) is 0 Å². The first-order valence-electron chi connectivity index (χ1n) is 3.48. The minimum absolute atomic E-state index is 0.426. The first-order valence-corrected chi connectivity index (χ1v) is 3.48. The highest BCUT2D eigenvalue weighted by molar-refractivity contribution is 6.03. The highest BCUT2D eigenvalue weighted by Crippen LogP contribution is 1.81. The van der Waals surface area contributed by atoms with E-state index in [1.165, 1.54) is 6.08 Å². The van der Waals surface area contributed by atoms with Crippen LogP contribution in [0.15, 0.2) is 42.6 Å². The van der Waals surface area contributed by atoms with E-state index in [1.54, 1.807) is 18.2 Å². The van der Waals surface area contributed by atoms with E-state index in [0.717, 1.165) is 0 Å². The van der Waals surface area contributed by atoms with Crippen molar-refractivity contribution in [2.24, 2.45) is 5.16 Å². The van der Waals surface area contributed by atoms with Crippen molar-refractivity contribution in [3.05, 3.63) is 37.5 Å². The fraction of sp³-hybridized carbons (Fsp3) is 0.222. The van der Waals surface area contributed by atoms with Gasteiger partial charge in [0.15, 0.2) is 0 Å². The average Bonchev–Trinajstić information content (AvgIpc) is 2.10. The number of hydrogen-bond donors (Lipinski definition) is 1. The summed E-state index contributed by atoms with van der Waals surface area (Å²) in [5, 5.41) is 11.1. The summed E-state index contributed by atoms with van der Waals surface area (Å²) in [4.78, 5) is 0. The van der Waals surface area contributed by atoms with Gasteiger partial charge in [-0.2, -0.15) is 0 Å². The van der Waals surface area contributed by atoms with Gasteiger partial charge >= 0.3 is 0 Å². The van der Waals surface area contributed by atoms with Crippen molar-refractivity contribution in [2.45, 2.75) is 13.8 Å². The molecule has 0 aliphatic heterocycles. The third kappa shape index (κ3) is 8.69. The second-order valence-electron chi connectivity index (χ2n) is 1.32. The van der Waals surface area contributed by atoms with Crippen LogP contribution < -0.4 is 0 Å². The fourth-order valence-corrected chi connectivity index (χ4v) is 0.309. The molecule has 0 saturated heterocycles. The average molecular weight is 153 g/mol. The molecular weight excluding hydrogens is 138 g/mol. The molecule has 0 amide bonds. The summed E-state index contributed by atoms with van der Waals surface area (Å²) >= 11 is 0. The predicted molar refractivity (Wildman–Crippen MR) is 50.1 cm³/mol. The van der Waals surface area contributed by atoms with Crippen molar-refractivity contribution >= 4 is 5.71 Å². The van der Waals surface area contributed by atoms with Gasteiger partial charge in [-0.15, -0.1) is 0 Å². The maximum Gasteiger partial charge on any atom is 0.102 e. The van der Waals surface area contributed by atoms with Crippen molar-refractivity contribution in [1.29, 1.82) is 0 Å². The summed E-state index contributed by atoms with van der Waals surface area (Å²) in [5.74, 6) is 0. The summed E-state index contributed by atoms with van der Waals surface area (Å²) in [7, 11) is 0. The third-order valence-corrected chi connectivity index (χ3v) is 0.728. The molecule has 0 aromatic carbocycles. The van der Waals surface area contributed by atoms with E-state index < -0.39 is 0 Å². The van der Waals surface area contributed by atoms with Crippen LogP contribution in [0.2, 0.25) is 0 Å². The molecule has 0 rings (SSSR count). The second kappa shape index (κ2) is 11.5. The van der Waals surface area contributed by atoms with E-state index >= 15 is 0 Å². The SMILES string of the molecule is C=C/C=C\C(C=C)=N/O.CC. The molecule has 0 bridgehead atoms. The van der Waals surface area contributed by atoms with Crippen molar-refractivity contribution in [1.82, 2.24) is 0 Å². The molecule has 0 aromatic rings. The summed E-state index contributed by atoms with van der Waals surface area (Å²) in [6.07, 6.45) is 6.30. The molecule has 0 spiro atoms. The molecule has 0 unspecified atom stereocenters. The maximum absolute atomic E-state index is 8.18. The van der Waals surface area contributed by atoms with Gasteiger partial charge in [0.1, 0.15) is 5.71 Å². The first kappa shape index (κ1) is 12.4. The molecule has 11 heavy (non-hydrogen) atoms. The summed E-state index contributed by atoms with van der Waals surface area (Å²) in [6.45, 7) is 10.9. The van der Waals surface area contributed by atoms with Gasteiger partial charge in [0.2, 0.25) is 0 Å². The lowest BCUT2D eigenvalue weighted by Crippen LogP contribution is -1.83. The Morgan fingerprint density at radius 1 is 1.36 bits per heavy atom. The van der Waals surface area contributed by atoms with Crippen LogP contribution in [-0.4, -0.2) is 10.9 Å². The smallest absolute Gasteiger partial charge is 0.102 e. The van der Waals surface area contributed by atoms with Gasteiger partial charge in [-0.05, 0) is 12.2 Å². The van der Waals surface area contributed by atoms with E-state index in [-0.39, 0.29) is 0 Å². The fourth-order valence-electron chi connectivity index (χ4n) is 0.309. The molecule has 0 aromatic heterocycles. The summed E-state index contributed by atoms with van der Waals surface area (Å²) in [6, 6.07) is 0. The zero-order valence-electron chi connectivity index (χ0n) is 7.12. The van der Waals surface area contributed by atoms with Crippen molar-refractivity contribution in [2.75, 3.05) is 0 Å². The molecule has 0 atom stereocenters. The second-order valence-corrected chi connectivity index (χ2v) is 1.32. The van der Waals surface area contributed by atoms with Crippen LogP contribution in [0.3, 0.4) is 0 Å². The lowest BCUT2D eigenvalue weighted by molar-refractivity contribution is 0.320. The number of oxime groups is 1. The van der Waals surface area contributed by atoms with Gasteiger partial charge in [0.05, 0.1) is 0 Å². The molecule has 0 aliphatic carbocycles. The normalized spacial score (nSPS) is 10.2. The monoisotopic (exact) mass is 153 g/mol. The van der Waals surface area contributed by atoms with E-state index in [1.807, 2.05) is 13.8 Å². The number of rotatable bonds is 3. The number of hydrogen-bond acceptors (Lipinski definition) is 2. The van der Waals surface area contributed by atoms with Crippen molar-refractivity contribution < 1.29 is 5.21 Å². The van der Waals surface area contributed by atoms with E-state index in [9.17, 15) is 0 Å². The Hall–Kier alpha value is -1.31. The quantitative estimate of drug-likeness (QED) is 0.287. The van der Waals surface area contributed by atoms with E-state index in [2.05, 4.69) is 18.3 Å². The van der Waals surface area contributed by atoms with Crippen molar-refractivity contribution in [3.63, 3.8) is 0 Å². The van der Waals surface area contributed by atoms with Crippen LogP contribution >= 0.6 is 0 Å². The van der Waals surface area contributed by atoms with Crippen molar-refractivity contribution in [3.8, 4) is 0 Å². The van der Waals surface area contributed by atoms with Gasteiger partial charge in [-0.1, -0.05) is 44.3 Å². The van der Waals surface area contributed by atoms with Crippen LogP contribution in [0.1, 0.15) is 13.8 Å².